The van der Waals surface area contributed by atoms with E-state index in [4.69, 9.17) is 18.8 Å². The van der Waals surface area contributed by atoms with Gasteiger partial charge in [0.05, 0.1) is 0 Å². The van der Waals surface area contributed by atoms with E-state index in [0.717, 1.165) is 28.7 Å². The molecule has 0 unspecified atom stereocenters. The van der Waals surface area contributed by atoms with E-state index in [1.807, 2.05) is 24.3 Å². The molecule has 43 heavy (non-hydrogen) atoms. The molecule has 4 atom stereocenters. The van der Waals surface area contributed by atoms with Crippen molar-refractivity contribution in [3.63, 3.8) is 0 Å². The first-order valence-electron chi connectivity index (χ1n) is 14.9. The molecule has 0 spiro atoms. The Bertz CT molecular complexity index is 1420. The van der Waals surface area contributed by atoms with Crippen molar-refractivity contribution < 1.29 is 18.8 Å². The van der Waals surface area contributed by atoms with Gasteiger partial charge in [0.15, 0.2) is 0 Å². The summed E-state index contributed by atoms with van der Waals surface area (Å²) in [6.45, 7) is 0. The minimum atomic E-state index is -0.984. The van der Waals surface area contributed by atoms with Gasteiger partial charge in [0.1, 0.15) is 23.4 Å². The van der Waals surface area contributed by atoms with Gasteiger partial charge in [-0.25, -0.2) is 0 Å². The molecule has 2 fully saturated rings. The lowest BCUT2D eigenvalue weighted by Crippen LogP contribution is -2.56. The highest BCUT2D eigenvalue weighted by molar-refractivity contribution is 7.08. The van der Waals surface area contributed by atoms with Crippen LogP contribution in [0.1, 0.15) is 40.2 Å². The van der Waals surface area contributed by atoms with E-state index >= 15 is 0 Å². The van der Waals surface area contributed by atoms with Crippen molar-refractivity contribution in [1.82, 2.24) is 0 Å². The van der Waals surface area contributed by atoms with Gasteiger partial charge < -0.3 is 18.8 Å². The van der Waals surface area contributed by atoms with Gasteiger partial charge >= 0.3 is 7.12 Å². The Morgan fingerprint density at radius 3 is 1.33 bits per heavy atom. The van der Waals surface area contributed by atoms with Crippen LogP contribution >= 0.6 is 11.3 Å². The number of hydrogen-bond acceptors (Lipinski definition) is 5. The molecular weight excluding hydrogens is 551 g/mol. The Hall–Kier alpha value is -3.52. The number of benzene rings is 4. The first-order valence-corrected chi connectivity index (χ1v) is 15.8. The Morgan fingerprint density at radius 1 is 0.605 bits per heavy atom. The van der Waals surface area contributed by atoms with Crippen molar-refractivity contribution in [1.29, 1.82) is 0 Å². The van der Waals surface area contributed by atoms with Crippen LogP contribution in [0.3, 0.4) is 0 Å². The highest BCUT2D eigenvalue weighted by Crippen LogP contribution is 2.60. The third kappa shape index (κ3) is 4.78. The van der Waals surface area contributed by atoms with Crippen LogP contribution in [-0.4, -0.2) is 33.5 Å². The Kier molecular flexibility index (Phi) is 7.81. The second kappa shape index (κ2) is 11.9. The molecule has 4 aromatic carbocycles. The number of methoxy groups -OCH3 is 2. The largest absolute Gasteiger partial charge is 0.461 e. The fourth-order valence-electron chi connectivity index (χ4n) is 7.11. The van der Waals surface area contributed by atoms with E-state index in [-0.39, 0.29) is 5.82 Å². The zero-order valence-corrected chi connectivity index (χ0v) is 25.2. The van der Waals surface area contributed by atoms with Gasteiger partial charge in [-0.3, -0.25) is 0 Å². The van der Waals surface area contributed by atoms with Gasteiger partial charge in [-0.05, 0) is 57.0 Å². The summed E-state index contributed by atoms with van der Waals surface area (Å²) >= 11 is 1.74. The molecule has 6 heteroatoms. The SMILES string of the molecule is COC(c1ccccc1)(c1ccccc1)[C@@H]1OB([C@@H]2C[C@H]2c2ccsc2)O[C@H]1C(OC)(c1ccccc1)c1ccccc1. The van der Waals surface area contributed by atoms with E-state index < -0.39 is 30.5 Å². The molecule has 0 amide bonds. The molecule has 4 nitrogen and oxygen atoms in total. The van der Waals surface area contributed by atoms with Gasteiger partial charge in [0, 0.05) is 20.0 Å². The summed E-state index contributed by atoms with van der Waals surface area (Å²) in [5.74, 6) is 0.649. The van der Waals surface area contributed by atoms with E-state index in [0.29, 0.717) is 5.92 Å². The maximum atomic E-state index is 7.22. The molecule has 1 saturated heterocycles. The third-order valence-corrected chi connectivity index (χ3v) is 9.95. The second-order valence-corrected chi connectivity index (χ2v) is 12.2. The minimum absolute atomic E-state index is 0.240. The van der Waals surface area contributed by atoms with Crippen LogP contribution in [0.4, 0.5) is 0 Å². The van der Waals surface area contributed by atoms with Crippen molar-refractivity contribution in [3.05, 3.63) is 166 Å². The van der Waals surface area contributed by atoms with Crippen LogP contribution in [-0.2, 0) is 30.0 Å². The van der Waals surface area contributed by atoms with Crippen molar-refractivity contribution in [2.75, 3.05) is 14.2 Å². The zero-order chi connectivity index (χ0) is 29.3. The van der Waals surface area contributed by atoms with Crippen molar-refractivity contribution in [2.24, 2.45) is 0 Å². The van der Waals surface area contributed by atoms with Gasteiger partial charge in [-0.1, -0.05) is 121 Å². The van der Waals surface area contributed by atoms with Crippen LogP contribution in [0.2, 0.25) is 5.82 Å². The van der Waals surface area contributed by atoms with Crippen LogP contribution in [0.15, 0.2) is 138 Å². The molecule has 1 aliphatic heterocycles. The predicted octanol–water partition coefficient (Wildman–Crippen LogP) is 8.06. The minimum Gasteiger partial charge on any atom is -0.402 e. The summed E-state index contributed by atoms with van der Waals surface area (Å²) in [4.78, 5) is 0. The lowest BCUT2D eigenvalue weighted by atomic mass is 9.71. The first kappa shape index (κ1) is 28.3. The molecular formula is C37H35BO4S. The lowest BCUT2D eigenvalue weighted by Gasteiger charge is -2.47. The number of rotatable bonds is 10. The van der Waals surface area contributed by atoms with E-state index in [2.05, 4.69) is 114 Å². The van der Waals surface area contributed by atoms with E-state index in [1.54, 1.807) is 25.6 Å². The highest BCUT2D eigenvalue weighted by atomic mass is 32.1. The van der Waals surface area contributed by atoms with E-state index in [1.165, 1.54) is 5.56 Å². The maximum absolute atomic E-state index is 7.22. The molecule has 0 N–H and O–H groups in total. The summed E-state index contributed by atoms with van der Waals surface area (Å²) in [7, 11) is 3.13. The summed E-state index contributed by atoms with van der Waals surface area (Å²) in [5.41, 5.74) is 3.39. The number of hydrogen-bond donors (Lipinski definition) is 0. The van der Waals surface area contributed by atoms with Gasteiger partial charge in [-0.15, -0.1) is 0 Å². The lowest BCUT2D eigenvalue weighted by molar-refractivity contribution is -0.136. The van der Waals surface area contributed by atoms with Crippen molar-refractivity contribution in [2.45, 2.75) is 41.6 Å². The monoisotopic (exact) mass is 586 g/mol. The molecule has 1 aliphatic carbocycles. The quantitative estimate of drug-likeness (QED) is 0.155. The van der Waals surface area contributed by atoms with Crippen LogP contribution in [0.25, 0.3) is 0 Å². The zero-order valence-electron chi connectivity index (χ0n) is 24.4. The maximum Gasteiger partial charge on any atom is 0.461 e. The fraction of sp³-hybridized carbons (Fsp3) is 0.243. The molecule has 2 aliphatic rings. The predicted molar refractivity (Wildman–Crippen MR) is 172 cm³/mol. The molecule has 5 aromatic rings. The fourth-order valence-corrected chi connectivity index (χ4v) is 7.83. The standard InChI is InChI=1S/C37H35BO4S/c1-39-36(28-15-7-3-8-16-28,29-17-9-4-10-18-29)34-35(42-38(41-34)33-25-32(33)27-23-24-43-26-27)37(40-2,30-19-11-5-12-20-30)31-21-13-6-14-22-31/h3-24,26,32-35H,25H2,1-2H3/t32-,33+,34+,35+/m0/s1. The average molecular weight is 587 g/mol. The molecule has 1 saturated carbocycles. The Morgan fingerprint density at radius 2 is 1.00 bits per heavy atom. The van der Waals surface area contributed by atoms with Gasteiger partial charge in [0.25, 0.3) is 0 Å². The number of thiophene rings is 1. The third-order valence-electron chi connectivity index (χ3n) is 9.25. The topological polar surface area (TPSA) is 36.9 Å². The molecule has 0 radical (unpaired) electrons. The summed E-state index contributed by atoms with van der Waals surface area (Å²) in [6.07, 6.45) is -0.0958. The molecule has 7 rings (SSSR count). The normalized spacial score (nSPS) is 22.0. The summed E-state index contributed by atoms with van der Waals surface area (Å²) in [5, 5.41) is 4.39. The summed E-state index contributed by atoms with van der Waals surface area (Å²) in [6, 6.07) is 43.8. The van der Waals surface area contributed by atoms with Crippen LogP contribution in [0.5, 0.6) is 0 Å². The smallest absolute Gasteiger partial charge is 0.402 e. The van der Waals surface area contributed by atoms with Crippen molar-refractivity contribution >= 4 is 18.5 Å². The molecule has 2 heterocycles. The highest BCUT2D eigenvalue weighted by Gasteiger charge is 2.65. The molecule has 0 bridgehead atoms. The Balaban J connectivity index is 1.44. The number of ether oxygens (including phenoxy) is 2. The van der Waals surface area contributed by atoms with Crippen LogP contribution < -0.4 is 0 Å². The second-order valence-electron chi connectivity index (χ2n) is 11.4. The van der Waals surface area contributed by atoms with Gasteiger partial charge in [0.2, 0.25) is 0 Å². The van der Waals surface area contributed by atoms with Crippen LogP contribution in [0, 0.1) is 0 Å². The first-order chi connectivity index (χ1) is 21.2. The Labute approximate surface area is 258 Å². The molecule has 216 valence electrons. The van der Waals surface area contributed by atoms with Crippen molar-refractivity contribution in [3.8, 4) is 0 Å². The average Bonchev–Trinajstić information content (AvgIpc) is 3.44. The molecule has 1 aromatic heterocycles. The van der Waals surface area contributed by atoms with E-state index in [9.17, 15) is 0 Å². The summed E-state index contributed by atoms with van der Waals surface area (Å²) < 4.78 is 27.9. The van der Waals surface area contributed by atoms with Gasteiger partial charge in [-0.2, -0.15) is 11.3 Å².